The zero-order valence-corrected chi connectivity index (χ0v) is 20.4. The number of carbonyl (C=O) groups is 2. The summed E-state index contributed by atoms with van der Waals surface area (Å²) in [6.45, 7) is 7.33. The lowest BCUT2D eigenvalue weighted by atomic mass is 10.1. The van der Waals surface area contributed by atoms with Crippen molar-refractivity contribution in [2.24, 2.45) is 0 Å². The van der Waals surface area contributed by atoms with Crippen molar-refractivity contribution >= 4 is 52.6 Å². The third kappa shape index (κ3) is 7.87. The van der Waals surface area contributed by atoms with Crippen molar-refractivity contribution in [3.05, 3.63) is 65.2 Å². The van der Waals surface area contributed by atoms with Crippen molar-refractivity contribution in [2.75, 3.05) is 29.8 Å². The van der Waals surface area contributed by atoms with Crippen LogP contribution in [0.15, 0.2) is 43.5 Å². The predicted octanol–water partition coefficient (Wildman–Crippen LogP) is 1.59. The van der Waals surface area contributed by atoms with Gasteiger partial charge in [-0.05, 0) is 41.4 Å². The number of nitrogens with one attached hydrogen (secondary N) is 4. The molecule has 0 bridgehead atoms. The fourth-order valence-corrected chi connectivity index (χ4v) is 2.75. The summed E-state index contributed by atoms with van der Waals surface area (Å²) in [5.41, 5.74) is 15.9. The van der Waals surface area contributed by atoms with Gasteiger partial charge in [0.2, 0.25) is 22.5 Å². The number of amides is 2. The maximum Gasteiger partial charge on any atom is 0.322 e. The summed E-state index contributed by atoms with van der Waals surface area (Å²) in [5.74, 6) is -1.39. The first-order chi connectivity index (χ1) is 17.8. The maximum atomic E-state index is 12.5. The van der Waals surface area contributed by atoms with Crippen molar-refractivity contribution in [1.82, 2.24) is 40.8 Å². The number of anilines is 3. The zero-order valence-electron chi connectivity index (χ0n) is 18.9. The second kappa shape index (κ2) is 12.8. The van der Waals surface area contributed by atoms with E-state index in [1.807, 2.05) is 0 Å². The molecule has 2 aromatic heterocycles. The Balaban J connectivity index is 1.60. The van der Waals surface area contributed by atoms with E-state index in [1.165, 1.54) is 30.4 Å². The van der Waals surface area contributed by atoms with Crippen LogP contribution in [0, 0.1) is 0 Å². The fraction of sp³-hybridized carbons (Fsp3) is 0.100. The highest BCUT2D eigenvalue weighted by Gasteiger charge is 2.15. The van der Waals surface area contributed by atoms with E-state index in [-0.39, 0.29) is 64.5 Å². The van der Waals surface area contributed by atoms with Crippen LogP contribution in [0.5, 0.6) is 12.0 Å². The van der Waals surface area contributed by atoms with Crippen molar-refractivity contribution in [2.45, 2.75) is 0 Å². The number of nitrogens with zero attached hydrogens (tertiary/aromatic N) is 6. The second-order valence-corrected chi connectivity index (χ2v) is 7.26. The molecule has 3 rings (SSSR count). The second-order valence-electron chi connectivity index (χ2n) is 6.58. The van der Waals surface area contributed by atoms with Crippen molar-refractivity contribution in [3.8, 4) is 12.0 Å². The van der Waals surface area contributed by atoms with Gasteiger partial charge in [-0.2, -0.15) is 29.9 Å². The molecule has 0 saturated carbocycles. The first kappa shape index (κ1) is 26.8. The summed E-state index contributed by atoms with van der Waals surface area (Å²) in [5, 5.41) is -0.312. The van der Waals surface area contributed by atoms with Gasteiger partial charge < -0.3 is 15.2 Å². The van der Waals surface area contributed by atoms with Crippen LogP contribution in [0.4, 0.5) is 17.6 Å². The Bertz CT molecular complexity index is 1330. The lowest BCUT2D eigenvalue weighted by Gasteiger charge is -2.11. The molecule has 1 aromatic carbocycles. The molecule has 2 heterocycles. The molecule has 0 spiro atoms. The molecule has 0 unspecified atom stereocenters. The van der Waals surface area contributed by atoms with Crippen LogP contribution in [-0.4, -0.2) is 54.9 Å². The van der Waals surface area contributed by atoms with Gasteiger partial charge in [0.1, 0.15) is 13.2 Å². The molecule has 37 heavy (non-hydrogen) atoms. The number of rotatable bonds is 12. The number of aromatic nitrogens is 6. The van der Waals surface area contributed by atoms with E-state index in [2.05, 4.69) is 64.8 Å². The van der Waals surface area contributed by atoms with Gasteiger partial charge in [0.05, 0.1) is 5.56 Å². The third-order valence-electron chi connectivity index (χ3n) is 3.97. The molecule has 0 aliphatic carbocycles. The van der Waals surface area contributed by atoms with Crippen LogP contribution in [0.2, 0.25) is 10.6 Å². The Kier molecular flexibility index (Phi) is 9.29. The van der Waals surface area contributed by atoms with E-state index in [1.54, 1.807) is 0 Å². The quantitative estimate of drug-likeness (QED) is 0.124. The van der Waals surface area contributed by atoms with Gasteiger partial charge in [0, 0.05) is 11.3 Å². The average Bonchev–Trinajstić information content (AvgIpc) is 2.87. The van der Waals surface area contributed by atoms with Gasteiger partial charge in [-0.3, -0.25) is 31.3 Å². The smallest absolute Gasteiger partial charge is 0.322 e. The highest BCUT2D eigenvalue weighted by atomic mass is 35.5. The summed E-state index contributed by atoms with van der Waals surface area (Å²) >= 11 is 11.6. The minimum Gasteiger partial charge on any atom is -0.459 e. The Morgan fingerprint density at radius 2 is 1.35 bits per heavy atom. The summed E-state index contributed by atoms with van der Waals surface area (Å²) < 4.78 is 10.4. The van der Waals surface area contributed by atoms with Gasteiger partial charge in [-0.1, -0.05) is 25.3 Å². The summed E-state index contributed by atoms with van der Waals surface area (Å²) in [6.07, 6.45) is 2.99. The number of halogens is 2. The molecule has 17 heteroatoms. The molecule has 0 aliphatic rings. The Labute approximate surface area is 219 Å². The Morgan fingerprint density at radius 1 is 0.838 bits per heavy atom. The van der Waals surface area contributed by atoms with Crippen LogP contribution in [0.1, 0.15) is 20.7 Å². The lowest BCUT2D eigenvalue weighted by Crippen LogP contribution is -2.32. The lowest BCUT2D eigenvalue weighted by molar-refractivity contribution is 0.0951. The van der Waals surface area contributed by atoms with Gasteiger partial charge >= 0.3 is 12.0 Å². The maximum absolute atomic E-state index is 12.5. The van der Waals surface area contributed by atoms with Crippen LogP contribution < -0.4 is 36.9 Å². The molecule has 6 N–H and O–H groups in total. The normalized spacial score (nSPS) is 10.1. The number of nitrogens with two attached hydrogens (primary N) is 1. The molecule has 0 saturated heterocycles. The number of nitrogen functional groups attached to an aromatic ring is 1. The SMILES string of the molecule is C=CCOc1nc(Cl)nc(NNC(=O)c2ccc(C(=O)NNc3nc(Cl)nc(OCC=C)n3)c(N)c2)n1. The van der Waals surface area contributed by atoms with E-state index < -0.39 is 11.8 Å². The first-order valence-electron chi connectivity index (χ1n) is 10.1. The molecule has 0 fully saturated rings. The molecule has 0 radical (unpaired) electrons. The minimum atomic E-state index is -0.639. The van der Waals surface area contributed by atoms with Gasteiger partial charge in [-0.15, -0.1) is 0 Å². The van der Waals surface area contributed by atoms with Crippen LogP contribution in [-0.2, 0) is 0 Å². The molecule has 2 amide bonds. The number of ether oxygens (including phenoxy) is 2. The Morgan fingerprint density at radius 3 is 1.84 bits per heavy atom. The first-order valence-corrected chi connectivity index (χ1v) is 10.9. The van der Waals surface area contributed by atoms with E-state index in [4.69, 9.17) is 38.4 Å². The van der Waals surface area contributed by atoms with Crippen LogP contribution >= 0.6 is 23.2 Å². The minimum absolute atomic E-state index is 0.0129. The molecule has 0 atom stereocenters. The third-order valence-corrected chi connectivity index (χ3v) is 4.31. The van der Waals surface area contributed by atoms with Gasteiger partial charge in [0.25, 0.3) is 11.8 Å². The summed E-state index contributed by atoms with van der Waals surface area (Å²) in [7, 11) is 0. The number of benzene rings is 1. The van der Waals surface area contributed by atoms with E-state index in [0.717, 1.165) is 0 Å². The predicted molar refractivity (Wildman–Crippen MR) is 134 cm³/mol. The van der Waals surface area contributed by atoms with Crippen molar-refractivity contribution in [3.63, 3.8) is 0 Å². The average molecular weight is 548 g/mol. The highest BCUT2D eigenvalue weighted by Crippen LogP contribution is 2.16. The molecule has 15 nitrogen and oxygen atoms in total. The van der Waals surface area contributed by atoms with Gasteiger partial charge in [-0.25, -0.2) is 0 Å². The monoisotopic (exact) mass is 547 g/mol. The zero-order chi connectivity index (χ0) is 26.8. The molecule has 0 aliphatic heterocycles. The van der Waals surface area contributed by atoms with Crippen LogP contribution in [0.3, 0.4) is 0 Å². The number of carbonyl (C=O) groups excluding carboxylic acids is 2. The highest BCUT2D eigenvalue weighted by molar-refractivity contribution is 6.28. The molecule has 192 valence electrons. The number of hydrogen-bond donors (Lipinski definition) is 5. The van der Waals surface area contributed by atoms with Gasteiger partial charge in [0.15, 0.2) is 0 Å². The molecular formula is C20H19Cl2N11O4. The molecular weight excluding hydrogens is 529 g/mol. The fourth-order valence-electron chi connectivity index (χ4n) is 2.45. The van der Waals surface area contributed by atoms with Crippen molar-refractivity contribution in [1.29, 1.82) is 0 Å². The van der Waals surface area contributed by atoms with Crippen molar-refractivity contribution < 1.29 is 19.1 Å². The van der Waals surface area contributed by atoms with Crippen LogP contribution in [0.25, 0.3) is 0 Å². The Hall–Kier alpha value is -4.76. The molecule has 3 aromatic rings. The summed E-state index contributed by atoms with van der Waals surface area (Å²) in [4.78, 5) is 48.1. The largest absolute Gasteiger partial charge is 0.459 e. The number of hydrogen-bond acceptors (Lipinski definition) is 13. The standard InChI is InChI=1S/C20H19Cl2N11O4/c1-3-7-36-19-26-15(21)24-17(28-19)32-30-13(34)10-5-6-11(12(23)9-10)14(35)31-33-18-25-16(22)27-20(29-18)37-8-4-2/h3-6,9H,1-2,7-8,23H2,(H,30,34)(H,31,35)(H,24,26,28,32)(H,25,27,29,33). The topological polar surface area (TPSA) is 204 Å². The van der Waals surface area contributed by atoms with E-state index >= 15 is 0 Å². The van der Waals surface area contributed by atoms with E-state index in [9.17, 15) is 9.59 Å². The summed E-state index contributed by atoms with van der Waals surface area (Å²) in [6, 6.07) is 3.89. The number of hydrazine groups is 2. The van der Waals surface area contributed by atoms with E-state index in [0.29, 0.717) is 0 Å².